The van der Waals surface area contributed by atoms with E-state index < -0.39 is 0 Å². The second-order valence-electron chi connectivity index (χ2n) is 4.38. The van der Waals surface area contributed by atoms with Crippen molar-refractivity contribution in [2.75, 3.05) is 19.6 Å². The van der Waals surface area contributed by atoms with Gasteiger partial charge in [-0.15, -0.1) is 0 Å². The Bertz CT molecular complexity index is 204. The van der Waals surface area contributed by atoms with E-state index in [2.05, 4.69) is 13.8 Å². The molecule has 1 heterocycles. The third-order valence-electron chi connectivity index (χ3n) is 2.23. The van der Waals surface area contributed by atoms with Gasteiger partial charge >= 0.3 is 0 Å². The molecule has 0 radical (unpaired) electrons. The highest BCUT2D eigenvalue weighted by atomic mass is 16.3. The van der Waals surface area contributed by atoms with Crippen LogP contribution in [0.5, 0.6) is 0 Å². The SMILES string of the molecule is CC(C)CN1C(=O)CCN1CC(C)O. The van der Waals surface area contributed by atoms with Crippen molar-refractivity contribution in [2.45, 2.75) is 33.3 Å². The third-order valence-corrected chi connectivity index (χ3v) is 2.23. The van der Waals surface area contributed by atoms with Crippen LogP contribution in [-0.2, 0) is 4.79 Å². The van der Waals surface area contributed by atoms with Crippen LogP contribution in [0.25, 0.3) is 0 Å². The van der Waals surface area contributed by atoms with Crippen LogP contribution in [-0.4, -0.2) is 46.8 Å². The molecule has 0 aliphatic carbocycles. The van der Waals surface area contributed by atoms with Gasteiger partial charge in [0.15, 0.2) is 0 Å². The van der Waals surface area contributed by atoms with Crippen LogP contribution in [0.3, 0.4) is 0 Å². The van der Waals surface area contributed by atoms with Crippen molar-refractivity contribution in [3.63, 3.8) is 0 Å². The van der Waals surface area contributed by atoms with Gasteiger partial charge < -0.3 is 5.11 Å². The molecule has 14 heavy (non-hydrogen) atoms. The first-order chi connectivity index (χ1) is 6.50. The van der Waals surface area contributed by atoms with E-state index in [9.17, 15) is 9.90 Å². The molecule has 1 saturated heterocycles. The summed E-state index contributed by atoms with van der Waals surface area (Å²) in [4.78, 5) is 11.5. The molecule has 4 nitrogen and oxygen atoms in total. The van der Waals surface area contributed by atoms with Gasteiger partial charge in [0.2, 0.25) is 5.91 Å². The van der Waals surface area contributed by atoms with Crippen LogP contribution in [0, 0.1) is 5.92 Å². The second-order valence-corrected chi connectivity index (χ2v) is 4.38. The Morgan fingerprint density at radius 2 is 2.00 bits per heavy atom. The van der Waals surface area contributed by atoms with Crippen molar-refractivity contribution in [1.29, 1.82) is 0 Å². The second kappa shape index (κ2) is 4.75. The van der Waals surface area contributed by atoms with E-state index >= 15 is 0 Å². The third kappa shape index (κ3) is 2.96. The molecule has 0 aromatic rings. The first kappa shape index (κ1) is 11.5. The van der Waals surface area contributed by atoms with Crippen molar-refractivity contribution in [3.8, 4) is 0 Å². The van der Waals surface area contributed by atoms with Crippen molar-refractivity contribution in [2.24, 2.45) is 5.92 Å². The number of hydrogen-bond acceptors (Lipinski definition) is 3. The van der Waals surface area contributed by atoms with Crippen molar-refractivity contribution in [3.05, 3.63) is 0 Å². The maximum absolute atomic E-state index is 11.5. The molecular weight excluding hydrogens is 180 g/mol. The Morgan fingerprint density at radius 3 is 2.50 bits per heavy atom. The smallest absolute Gasteiger partial charge is 0.238 e. The Balaban J connectivity index is 2.53. The molecule has 0 aromatic carbocycles. The van der Waals surface area contributed by atoms with Crippen LogP contribution < -0.4 is 0 Å². The summed E-state index contributed by atoms with van der Waals surface area (Å²) in [6, 6.07) is 0. The molecule has 1 fully saturated rings. The minimum absolute atomic E-state index is 0.180. The highest BCUT2D eigenvalue weighted by Gasteiger charge is 2.29. The first-order valence-corrected chi connectivity index (χ1v) is 5.24. The fourth-order valence-corrected chi connectivity index (χ4v) is 1.69. The summed E-state index contributed by atoms with van der Waals surface area (Å²) in [5.41, 5.74) is 0. The summed E-state index contributed by atoms with van der Waals surface area (Å²) in [6.07, 6.45) is 0.204. The summed E-state index contributed by atoms with van der Waals surface area (Å²) in [5, 5.41) is 13.0. The molecule has 1 amide bonds. The molecular formula is C10H20N2O2. The largest absolute Gasteiger partial charge is 0.392 e. The number of carbonyl (C=O) groups is 1. The fourth-order valence-electron chi connectivity index (χ4n) is 1.69. The number of carbonyl (C=O) groups excluding carboxylic acids is 1. The lowest BCUT2D eigenvalue weighted by Gasteiger charge is -2.30. The van der Waals surface area contributed by atoms with E-state index in [4.69, 9.17) is 0 Å². The molecule has 1 aliphatic heterocycles. The van der Waals surface area contributed by atoms with Gasteiger partial charge in [-0.1, -0.05) is 13.8 Å². The number of aliphatic hydroxyl groups excluding tert-OH is 1. The predicted octanol–water partition coefficient (Wildman–Crippen LogP) is 0.472. The van der Waals surface area contributed by atoms with Crippen LogP contribution in [0.15, 0.2) is 0 Å². The van der Waals surface area contributed by atoms with Gasteiger partial charge in [-0.3, -0.25) is 9.80 Å². The zero-order chi connectivity index (χ0) is 10.7. The number of hydrazine groups is 1. The maximum atomic E-state index is 11.5. The van der Waals surface area contributed by atoms with Crippen LogP contribution in [0.1, 0.15) is 27.2 Å². The number of amides is 1. The molecule has 82 valence electrons. The molecule has 1 N–H and O–H groups in total. The molecule has 0 aromatic heterocycles. The molecule has 1 unspecified atom stereocenters. The Kier molecular flexibility index (Phi) is 3.89. The van der Waals surface area contributed by atoms with Crippen LogP contribution in [0.4, 0.5) is 0 Å². The maximum Gasteiger partial charge on any atom is 0.238 e. The van der Waals surface area contributed by atoms with E-state index in [0.717, 1.165) is 13.1 Å². The lowest BCUT2D eigenvalue weighted by Crippen LogP contribution is -2.44. The van der Waals surface area contributed by atoms with Crippen LogP contribution in [0.2, 0.25) is 0 Å². The van der Waals surface area contributed by atoms with Crippen LogP contribution >= 0.6 is 0 Å². The van der Waals surface area contributed by atoms with E-state index in [1.54, 1.807) is 11.9 Å². The fraction of sp³-hybridized carbons (Fsp3) is 0.900. The van der Waals surface area contributed by atoms with Crippen molar-refractivity contribution in [1.82, 2.24) is 10.0 Å². The molecule has 1 aliphatic rings. The topological polar surface area (TPSA) is 43.8 Å². The zero-order valence-corrected chi connectivity index (χ0v) is 9.23. The van der Waals surface area contributed by atoms with Gasteiger partial charge in [0.25, 0.3) is 0 Å². The van der Waals surface area contributed by atoms with Crippen molar-refractivity contribution < 1.29 is 9.90 Å². The van der Waals surface area contributed by atoms with Crippen molar-refractivity contribution >= 4 is 5.91 Å². The first-order valence-electron chi connectivity index (χ1n) is 5.24. The summed E-state index contributed by atoms with van der Waals surface area (Å²) >= 11 is 0. The molecule has 0 saturated carbocycles. The number of β-amino-alcohol motifs (C(OH)–C–C–N with tert-alkyl or cyclic N) is 1. The normalized spacial score (nSPS) is 20.9. The van der Waals surface area contributed by atoms with E-state index in [-0.39, 0.29) is 12.0 Å². The molecule has 1 rings (SSSR count). The number of rotatable bonds is 4. The average molecular weight is 200 g/mol. The standard InChI is InChI=1S/C10H20N2O2/c1-8(2)6-12-10(14)4-5-11(12)7-9(3)13/h8-9,13H,4-7H2,1-3H3. The minimum Gasteiger partial charge on any atom is -0.392 e. The Hall–Kier alpha value is -0.610. The van der Waals surface area contributed by atoms with Gasteiger partial charge in [0, 0.05) is 26.1 Å². The average Bonchev–Trinajstić information content (AvgIpc) is 2.34. The van der Waals surface area contributed by atoms with Gasteiger partial charge in [-0.05, 0) is 12.8 Å². The number of aliphatic hydroxyl groups is 1. The highest BCUT2D eigenvalue weighted by molar-refractivity contribution is 5.77. The Labute approximate surface area is 85.5 Å². The minimum atomic E-state index is -0.379. The summed E-state index contributed by atoms with van der Waals surface area (Å²) in [5.74, 6) is 0.646. The van der Waals surface area contributed by atoms with Gasteiger partial charge in [-0.25, -0.2) is 5.01 Å². The Morgan fingerprint density at radius 1 is 1.36 bits per heavy atom. The molecule has 1 atom stereocenters. The number of nitrogens with zero attached hydrogens (tertiary/aromatic N) is 2. The number of hydrogen-bond donors (Lipinski definition) is 1. The lowest BCUT2D eigenvalue weighted by atomic mass is 10.2. The molecule has 0 bridgehead atoms. The quantitative estimate of drug-likeness (QED) is 0.717. The highest BCUT2D eigenvalue weighted by Crippen LogP contribution is 2.14. The molecule has 0 spiro atoms. The monoisotopic (exact) mass is 200 g/mol. The molecule has 4 heteroatoms. The zero-order valence-electron chi connectivity index (χ0n) is 9.23. The predicted molar refractivity (Wildman–Crippen MR) is 54.4 cm³/mol. The van der Waals surface area contributed by atoms with Gasteiger partial charge in [0.1, 0.15) is 0 Å². The summed E-state index contributed by atoms with van der Waals surface area (Å²) < 4.78 is 0. The summed E-state index contributed by atoms with van der Waals surface area (Å²) in [7, 11) is 0. The van der Waals surface area contributed by atoms with Gasteiger partial charge in [-0.2, -0.15) is 0 Å². The van der Waals surface area contributed by atoms with E-state index in [1.165, 1.54) is 0 Å². The van der Waals surface area contributed by atoms with E-state index in [1.807, 2.05) is 5.01 Å². The lowest BCUT2D eigenvalue weighted by molar-refractivity contribution is -0.140. The van der Waals surface area contributed by atoms with Gasteiger partial charge in [0.05, 0.1) is 6.10 Å². The van der Waals surface area contributed by atoms with E-state index in [0.29, 0.717) is 18.9 Å². The summed E-state index contributed by atoms with van der Waals surface area (Å²) in [6.45, 7) is 7.98.